The molecule has 3 heteroatoms. The minimum absolute atomic E-state index is 0.265. The maximum atomic E-state index is 5.56. The van der Waals surface area contributed by atoms with Crippen LogP contribution in [0.3, 0.4) is 0 Å². The number of rotatable bonds is 5. The van der Waals surface area contributed by atoms with Gasteiger partial charge in [0.1, 0.15) is 11.5 Å². The first-order valence-electron chi connectivity index (χ1n) is 8.65. The van der Waals surface area contributed by atoms with Crippen molar-refractivity contribution in [2.24, 2.45) is 0 Å². The van der Waals surface area contributed by atoms with Crippen LogP contribution in [0.4, 0.5) is 0 Å². The van der Waals surface area contributed by atoms with E-state index in [1.54, 1.807) is 14.2 Å². The Labute approximate surface area is 160 Å². The van der Waals surface area contributed by atoms with Crippen LogP contribution in [-0.4, -0.2) is 14.2 Å². The third-order valence-electron chi connectivity index (χ3n) is 5.34. The van der Waals surface area contributed by atoms with Gasteiger partial charge in [-0.3, -0.25) is 0 Å². The molecule has 2 rings (SSSR count). The van der Waals surface area contributed by atoms with E-state index in [1.807, 2.05) is 0 Å². The highest BCUT2D eigenvalue weighted by molar-refractivity contribution is 9.09. The smallest absolute Gasteiger partial charge is 0.124 e. The van der Waals surface area contributed by atoms with Crippen molar-refractivity contribution in [2.75, 3.05) is 14.2 Å². The third-order valence-corrected chi connectivity index (χ3v) is 6.16. The summed E-state index contributed by atoms with van der Waals surface area (Å²) in [6.45, 7) is 12.9. The summed E-state index contributed by atoms with van der Waals surface area (Å²) in [7, 11) is 3.49. The van der Waals surface area contributed by atoms with Gasteiger partial charge in [-0.1, -0.05) is 28.1 Å². The standard InChI is InChI=1S/C22H29BrO2/c1-12-9-18(14(3)16(5)21(12)24-7)11-20(23)19-10-13(2)22(25-8)17(6)15(19)4/h9-10,20H,11H2,1-8H3. The maximum Gasteiger partial charge on any atom is 0.124 e. The van der Waals surface area contributed by atoms with E-state index in [4.69, 9.17) is 9.47 Å². The van der Waals surface area contributed by atoms with E-state index in [0.717, 1.165) is 17.9 Å². The molecule has 0 aromatic heterocycles. The molecule has 0 fully saturated rings. The molecule has 25 heavy (non-hydrogen) atoms. The molecule has 0 bridgehead atoms. The van der Waals surface area contributed by atoms with Crippen molar-refractivity contribution in [3.63, 3.8) is 0 Å². The van der Waals surface area contributed by atoms with Crippen molar-refractivity contribution >= 4 is 15.9 Å². The maximum absolute atomic E-state index is 5.56. The van der Waals surface area contributed by atoms with E-state index in [1.165, 1.54) is 44.5 Å². The van der Waals surface area contributed by atoms with Crippen LogP contribution >= 0.6 is 15.9 Å². The minimum Gasteiger partial charge on any atom is -0.496 e. The highest BCUT2D eigenvalue weighted by atomic mass is 79.9. The van der Waals surface area contributed by atoms with E-state index in [2.05, 4.69) is 69.6 Å². The normalized spacial score (nSPS) is 12.2. The Morgan fingerprint density at radius 2 is 1.24 bits per heavy atom. The minimum atomic E-state index is 0.265. The molecule has 0 saturated carbocycles. The SMILES string of the molecule is COc1c(C)cc(CC(Br)c2cc(C)c(OC)c(C)c2C)c(C)c1C. The van der Waals surface area contributed by atoms with Crippen LogP contribution in [0.15, 0.2) is 12.1 Å². The Morgan fingerprint density at radius 1 is 0.760 bits per heavy atom. The zero-order chi connectivity index (χ0) is 18.9. The fourth-order valence-electron chi connectivity index (χ4n) is 3.70. The lowest BCUT2D eigenvalue weighted by Crippen LogP contribution is -2.05. The molecule has 2 aromatic rings. The number of aryl methyl sites for hydroxylation is 2. The summed E-state index contributed by atoms with van der Waals surface area (Å²) in [4.78, 5) is 0.265. The Morgan fingerprint density at radius 3 is 1.76 bits per heavy atom. The average molecular weight is 405 g/mol. The zero-order valence-corrected chi connectivity index (χ0v) is 18.2. The molecular weight excluding hydrogens is 376 g/mol. The Hall–Kier alpha value is -1.48. The molecule has 2 aromatic carbocycles. The van der Waals surface area contributed by atoms with Crippen LogP contribution in [0.5, 0.6) is 11.5 Å². The second kappa shape index (κ2) is 7.82. The first kappa shape index (κ1) is 19.8. The number of hydrogen-bond acceptors (Lipinski definition) is 2. The molecule has 0 saturated heterocycles. The molecule has 2 nitrogen and oxygen atoms in total. The summed E-state index contributed by atoms with van der Waals surface area (Å²) in [5.74, 6) is 1.99. The third kappa shape index (κ3) is 3.72. The summed E-state index contributed by atoms with van der Waals surface area (Å²) in [5.41, 5.74) is 10.1. The largest absolute Gasteiger partial charge is 0.496 e. The molecule has 1 unspecified atom stereocenters. The van der Waals surface area contributed by atoms with Gasteiger partial charge in [0.15, 0.2) is 0 Å². The molecule has 0 amide bonds. The van der Waals surface area contributed by atoms with Gasteiger partial charge in [0.2, 0.25) is 0 Å². The first-order valence-corrected chi connectivity index (χ1v) is 9.56. The second-order valence-corrected chi connectivity index (χ2v) is 7.98. The van der Waals surface area contributed by atoms with E-state index in [0.29, 0.717) is 0 Å². The Balaban J connectivity index is 2.43. The zero-order valence-electron chi connectivity index (χ0n) is 16.6. The predicted octanol–water partition coefficient (Wildman–Crippen LogP) is 6.23. The van der Waals surface area contributed by atoms with Gasteiger partial charge in [0, 0.05) is 4.83 Å². The van der Waals surface area contributed by atoms with Crippen molar-refractivity contribution in [1.82, 2.24) is 0 Å². The fraction of sp³-hybridized carbons (Fsp3) is 0.455. The van der Waals surface area contributed by atoms with Crippen molar-refractivity contribution in [2.45, 2.75) is 52.8 Å². The molecular formula is C22H29BrO2. The molecule has 1 atom stereocenters. The summed E-state index contributed by atoms with van der Waals surface area (Å²) in [6.07, 6.45) is 0.948. The molecule has 0 aliphatic rings. The average Bonchev–Trinajstić information content (AvgIpc) is 2.56. The molecule has 0 aliphatic carbocycles. The quantitative estimate of drug-likeness (QED) is 0.549. The number of halogens is 1. The fourth-order valence-corrected chi connectivity index (χ4v) is 4.52. The molecule has 0 radical (unpaired) electrons. The van der Waals surface area contributed by atoms with Gasteiger partial charge in [-0.2, -0.15) is 0 Å². The topological polar surface area (TPSA) is 18.5 Å². The lowest BCUT2D eigenvalue weighted by atomic mass is 9.91. The number of benzene rings is 2. The van der Waals surface area contributed by atoms with Gasteiger partial charge in [0.25, 0.3) is 0 Å². The van der Waals surface area contributed by atoms with Gasteiger partial charge in [0.05, 0.1) is 14.2 Å². The summed E-state index contributed by atoms with van der Waals surface area (Å²) in [5, 5.41) is 0. The predicted molar refractivity (Wildman–Crippen MR) is 110 cm³/mol. The molecule has 0 heterocycles. The van der Waals surface area contributed by atoms with E-state index >= 15 is 0 Å². The van der Waals surface area contributed by atoms with Crippen molar-refractivity contribution in [3.8, 4) is 11.5 Å². The van der Waals surface area contributed by atoms with Gasteiger partial charge < -0.3 is 9.47 Å². The monoisotopic (exact) mass is 404 g/mol. The van der Waals surface area contributed by atoms with E-state index in [9.17, 15) is 0 Å². The van der Waals surface area contributed by atoms with Crippen LogP contribution in [0.25, 0.3) is 0 Å². The van der Waals surface area contributed by atoms with Gasteiger partial charge in [-0.15, -0.1) is 0 Å². The number of ether oxygens (including phenoxy) is 2. The molecule has 0 spiro atoms. The van der Waals surface area contributed by atoms with Gasteiger partial charge >= 0.3 is 0 Å². The van der Waals surface area contributed by atoms with Crippen molar-refractivity contribution in [1.29, 1.82) is 0 Å². The summed E-state index contributed by atoms with van der Waals surface area (Å²) < 4.78 is 11.1. The molecule has 0 N–H and O–H groups in total. The lowest BCUT2D eigenvalue weighted by molar-refractivity contribution is 0.407. The Kier molecular flexibility index (Phi) is 6.21. The molecule has 0 aliphatic heterocycles. The highest BCUT2D eigenvalue weighted by Gasteiger charge is 2.19. The van der Waals surface area contributed by atoms with Crippen molar-refractivity contribution in [3.05, 3.63) is 56.6 Å². The lowest BCUT2D eigenvalue weighted by Gasteiger charge is -2.21. The number of methoxy groups -OCH3 is 2. The molecule has 136 valence electrons. The van der Waals surface area contributed by atoms with Gasteiger partial charge in [-0.25, -0.2) is 0 Å². The summed E-state index contributed by atoms with van der Waals surface area (Å²) in [6, 6.07) is 4.51. The van der Waals surface area contributed by atoms with Crippen LogP contribution in [0.2, 0.25) is 0 Å². The second-order valence-electron chi connectivity index (χ2n) is 6.87. The van der Waals surface area contributed by atoms with Gasteiger partial charge in [-0.05, 0) is 92.5 Å². The van der Waals surface area contributed by atoms with Crippen LogP contribution in [0.1, 0.15) is 49.3 Å². The summed E-state index contributed by atoms with van der Waals surface area (Å²) >= 11 is 3.94. The number of alkyl halides is 1. The number of hydrogen-bond donors (Lipinski definition) is 0. The van der Waals surface area contributed by atoms with Crippen LogP contribution < -0.4 is 9.47 Å². The Bertz CT molecular complexity index is 794. The van der Waals surface area contributed by atoms with E-state index in [-0.39, 0.29) is 4.83 Å². The van der Waals surface area contributed by atoms with E-state index < -0.39 is 0 Å². The van der Waals surface area contributed by atoms with Crippen molar-refractivity contribution < 1.29 is 9.47 Å². The first-order chi connectivity index (χ1) is 11.7. The highest BCUT2D eigenvalue weighted by Crippen LogP contribution is 2.38. The van der Waals surface area contributed by atoms with Crippen LogP contribution in [-0.2, 0) is 6.42 Å². The van der Waals surface area contributed by atoms with Crippen LogP contribution in [0, 0.1) is 41.5 Å².